The molecule has 7 heteroatoms. The average molecular weight is 287 g/mol. The van der Waals surface area contributed by atoms with E-state index in [1.807, 2.05) is 25.3 Å². The number of carbonyl (C=O) groups is 1. The third-order valence-electron chi connectivity index (χ3n) is 3.38. The number of nitrogens with one attached hydrogen (secondary N) is 2. The van der Waals surface area contributed by atoms with Crippen LogP contribution in [-0.2, 0) is 9.53 Å². The highest BCUT2D eigenvalue weighted by molar-refractivity contribution is 5.95. The van der Waals surface area contributed by atoms with Crippen molar-refractivity contribution in [2.24, 2.45) is 0 Å². The fourth-order valence-electron chi connectivity index (χ4n) is 2.25. The summed E-state index contributed by atoms with van der Waals surface area (Å²) in [4.78, 5) is 20.5. The SMILES string of the molecule is C[C@H]1OCCN[C@@H]1C(=O)Nc1ccc(-n2ccnc2)nc1. The van der Waals surface area contributed by atoms with Crippen LogP contribution in [0.5, 0.6) is 0 Å². The van der Waals surface area contributed by atoms with Crippen molar-refractivity contribution < 1.29 is 9.53 Å². The number of hydrogen-bond donors (Lipinski definition) is 2. The maximum Gasteiger partial charge on any atom is 0.244 e. The number of aromatic nitrogens is 3. The highest BCUT2D eigenvalue weighted by atomic mass is 16.5. The highest BCUT2D eigenvalue weighted by Gasteiger charge is 2.28. The number of rotatable bonds is 3. The molecule has 7 nitrogen and oxygen atoms in total. The first-order chi connectivity index (χ1) is 10.2. The van der Waals surface area contributed by atoms with E-state index in [4.69, 9.17) is 4.74 Å². The minimum Gasteiger partial charge on any atom is -0.375 e. The third-order valence-corrected chi connectivity index (χ3v) is 3.38. The number of nitrogens with zero attached hydrogens (tertiary/aromatic N) is 3. The van der Waals surface area contributed by atoms with Crippen LogP contribution in [0.4, 0.5) is 5.69 Å². The summed E-state index contributed by atoms with van der Waals surface area (Å²) >= 11 is 0. The van der Waals surface area contributed by atoms with E-state index in [9.17, 15) is 4.79 Å². The van der Waals surface area contributed by atoms with Gasteiger partial charge in [-0.2, -0.15) is 0 Å². The molecule has 2 atom stereocenters. The number of ether oxygens (including phenoxy) is 1. The van der Waals surface area contributed by atoms with Gasteiger partial charge >= 0.3 is 0 Å². The third kappa shape index (κ3) is 3.09. The van der Waals surface area contributed by atoms with Gasteiger partial charge < -0.3 is 15.4 Å². The summed E-state index contributed by atoms with van der Waals surface area (Å²) in [6, 6.07) is 3.30. The standard InChI is InChI=1S/C14H17N5O2/c1-10-13(16-5-7-21-10)14(20)18-11-2-3-12(17-8-11)19-6-4-15-9-19/h2-4,6,8-10,13,16H,5,7H2,1H3,(H,18,20)/t10-,13+/m1/s1. The van der Waals surface area contributed by atoms with Crippen molar-refractivity contribution in [3.8, 4) is 5.82 Å². The molecule has 110 valence electrons. The van der Waals surface area contributed by atoms with Gasteiger partial charge in [-0.3, -0.25) is 9.36 Å². The van der Waals surface area contributed by atoms with Crippen LogP contribution < -0.4 is 10.6 Å². The Hall–Kier alpha value is -2.25. The Balaban J connectivity index is 1.66. The van der Waals surface area contributed by atoms with Crippen molar-refractivity contribution in [3.63, 3.8) is 0 Å². The lowest BCUT2D eigenvalue weighted by molar-refractivity contribution is -0.123. The summed E-state index contributed by atoms with van der Waals surface area (Å²) in [5.41, 5.74) is 0.656. The minimum absolute atomic E-state index is 0.112. The zero-order valence-electron chi connectivity index (χ0n) is 11.7. The molecule has 3 rings (SSSR count). The molecule has 1 aliphatic rings. The molecule has 0 bridgehead atoms. The van der Waals surface area contributed by atoms with Gasteiger partial charge in [-0.25, -0.2) is 9.97 Å². The monoisotopic (exact) mass is 287 g/mol. The molecule has 2 aromatic heterocycles. The number of pyridine rings is 1. The van der Waals surface area contributed by atoms with Crippen LogP contribution >= 0.6 is 0 Å². The molecule has 0 spiro atoms. The Bertz CT molecular complexity index is 596. The number of hydrogen-bond acceptors (Lipinski definition) is 5. The molecular formula is C14H17N5O2. The maximum atomic E-state index is 12.2. The molecule has 3 heterocycles. The second kappa shape index (κ2) is 6.02. The first-order valence-corrected chi connectivity index (χ1v) is 6.84. The maximum absolute atomic E-state index is 12.2. The van der Waals surface area contributed by atoms with E-state index >= 15 is 0 Å². The highest BCUT2D eigenvalue weighted by Crippen LogP contribution is 2.12. The Morgan fingerprint density at radius 3 is 3.10 bits per heavy atom. The van der Waals surface area contributed by atoms with E-state index in [0.29, 0.717) is 18.8 Å². The smallest absolute Gasteiger partial charge is 0.244 e. The van der Waals surface area contributed by atoms with Gasteiger partial charge in [0, 0.05) is 18.9 Å². The molecule has 21 heavy (non-hydrogen) atoms. The average Bonchev–Trinajstić information content (AvgIpc) is 3.02. The Morgan fingerprint density at radius 2 is 2.43 bits per heavy atom. The fourth-order valence-corrected chi connectivity index (χ4v) is 2.25. The molecular weight excluding hydrogens is 270 g/mol. The summed E-state index contributed by atoms with van der Waals surface area (Å²) in [6.45, 7) is 3.20. The minimum atomic E-state index is -0.341. The van der Waals surface area contributed by atoms with Gasteiger partial charge in [-0.05, 0) is 19.1 Å². The van der Waals surface area contributed by atoms with Crippen LogP contribution in [0.2, 0.25) is 0 Å². The lowest BCUT2D eigenvalue weighted by Gasteiger charge is -2.29. The van der Waals surface area contributed by atoms with E-state index in [1.165, 1.54) is 0 Å². The molecule has 1 aliphatic heterocycles. The van der Waals surface area contributed by atoms with Crippen molar-refractivity contribution in [2.45, 2.75) is 19.1 Å². The zero-order chi connectivity index (χ0) is 14.7. The van der Waals surface area contributed by atoms with E-state index in [-0.39, 0.29) is 18.1 Å². The fraction of sp³-hybridized carbons (Fsp3) is 0.357. The Kier molecular flexibility index (Phi) is 3.94. The van der Waals surface area contributed by atoms with Crippen LogP contribution in [0.25, 0.3) is 5.82 Å². The molecule has 1 fully saturated rings. The molecule has 0 saturated carbocycles. The van der Waals surface area contributed by atoms with Gasteiger partial charge in [0.1, 0.15) is 18.2 Å². The van der Waals surface area contributed by atoms with Gasteiger partial charge in [0.2, 0.25) is 5.91 Å². The van der Waals surface area contributed by atoms with Gasteiger partial charge in [0.25, 0.3) is 0 Å². The summed E-state index contributed by atoms with van der Waals surface area (Å²) in [6.07, 6.45) is 6.66. The molecule has 2 aromatic rings. The van der Waals surface area contributed by atoms with Gasteiger partial charge in [-0.1, -0.05) is 0 Å². The zero-order valence-corrected chi connectivity index (χ0v) is 11.7. The van der Waals surface area contributed by atoms with E-state index in [0.717, 1.165) is 5.82 Å². The first kappa shape index (κ1) is 13.7. The van der Waals surface area contributed by atoms with Crippen LogP contribution in [0.15, 0.2) is 37.1 Å². The van der Waals surface area contributed by atoms with Gasteiger partial charge in [0.05, 0.1) is 24.6 Å². The van der Waals surface area contributed by atoms with Crippen molar-refractivity contribution in [3.05, 3.63) is 37.1 Å². The van der Waals surface area contributed by atoms with Gasteiger partial charge in [-0.15, -0.1) is 0 Å². The molecule has 1 amide bonds. The van der Waals surface area contributed by atoms with E-state index < -0.39 is 0 Å². The lowest BCUT2D eigenvalue weighted by atomic mass is 10.1. The van der Waals surface area contributed by atoms with Crippen molar-refractivity contribution in [1.82, 2.24) is 19.9 Å². The molecule has 1 saturated heterocycles. The Morgan fingerprint density at radius 1 is 1.52 bits per heavy atom. The molecule has 0 unspecified atom stereocenters. The number of carbonyl (C=O) groups excluding carboxylic acids is 1. The van der Waals surface area contributed by atoms with Crippen LogP contribution in [0.3, 0.4) is 0 Å². The van der Waals surface area contributed by atoms with E-state index in [2.05, 4.69) is 20.6 Å². The first-order valence-electron chi connectivity index (χ1n) is 6.84. The second-order valence-electron chi connectivity index (χ2n) is 4.87. The van der Waals surface area contributed by atoms with Crippen LogP contribution in [0.1, 0.15) is 6.92 Å². The predicted octanol–water partition coefficient (Wildman–Crippen LogP) is 0.583. The molecule has 0 aliphatic carbocycles. The largest absolute Gasteiger partial charge is 0.375 e. The van der Waals surface area contributed by atoms with Crippen molar-refractivity contribution >= 4 is 11.6 Å². The number of anilines is 1. The second-order valence-corrected chi connectivity index (χ2v) is 4.87. The lowest BCUT2D eigenvalue weighted by Crippen LogP contribution is -2.53. The van der Waals surface area contributed by atoms with Crippen molar-refractivity contribution in [1.29, 1.82) is 0 Å². The molecule has 0 aromatic carbocycles. The molecule has 0 radical (unpaired) electrons. The Labute approximate surface area is 122 Å². The summed E-state index contributed by atoms with van der Waals surface area (Å²) in [7, 11) is 0. The summed E-state index contributed by atoms with van der Waals surface area (Å²) in [5, 5.41) is 6.00. The number of imidazole rings is 1. The molecule has 2 N–H and O–H groups in total. The van der Waals surface area contributed by atoms with E-state index in [1.54, 1.807) is 23.3 Å². The topological polar surface area (TPSA) is 81.1 Å². The normalized spacial score (nSPS) is 22.0. The predicted molar refractivity (Wildman–Crippen MR) is 77.2 cm³/mol. The van der Waals surface area contributed by atoms with Crippen LogP contribution in [0, 0.1) is 0 Å². The number of morpholine rings is 1. The summed E-state index contributed by atoms with van der Waals surface area (Å²) < 4.78 is 7.26. The quantitative estimate of drug-likeness (QED) is 0.863. The summed E-state index contributed by atoms with van der Waals surface area (Å²) in [5.74, 6) is 0.636. The van der Waals surface area contributed by atoms with Gasteiger partial charge in [0.15, 0.2) is 0 Å². The van der Waals surface area contributed by atoms with Crippen LogP contribution in [-0.4, -0.2) is 45.7 Å². The number of amides is 1. The van der Waals surface area contributed by atoms with Crippen molar-refractivity contribution in [2.75, 3.05) is 18.5 Å².